The average molecular weight is 285 g/mol. The molecule has 0 fully saturated rings. The maximum atomic E-state index is 12.3. The molecule has 0 aliphatic rings. The first-order valence-electron chi connectivity index (χ1n) is 6.08. The number of unbranched alkanes of at least 4 members (excludes halogenated alkanes) is 1. The highest BCUT2D eigenvalue weighted by Crippen LogP contribution is 2.17. The minimum Gasteiger partial charge on any atom is -0.465 e. The number of rotatable bonds is 6. The normalized spacial score (nSPS) is 11.6. The Balaban J connectivity index is 3.04. The molecule has 0 aliphatic carbocycles. The van der Waals surface area contributed by atoms with E-state index in [0.717, 1.165) is 12.8 Å². The fourth-order valence-electron chi connectivity index (χ4n) is 1.58. The van der Waals surface area contributed by atoms with Gasteiger partial charge in [-0.25, -0.2) is 17.5 Å². The lowest BCUT2D eigenvalue weighted by atomic mass is 10.2. The van der Waals surface area contributed by atoms with E-state index in [-0.39, 0.29) is 10.5 Å². The molecule has 19 heavy (non-hydrogen) atoms. The van der Waals surface area contributed by atoms with Crippen LogP contribution in [0, 0.1) is 0 Å². The van der Waals surface area contributed by atoms with Crippen molar-refractivity contribution in [1.82, 2.24) is 4.31 Å². The topological polar surface area (TPSA) is 63.7 Å². The first-order valence-corrected chi connectivity index (χ1v) is 7.52. The molecule has 0 saturated heterocycles. The van der Waals surface area contributed by atoms with E-state index in [1.165, 1.54) is 42.7 Å². The van der Waals surface area contributed by atoms with E-state index >= 15 is 0 Å². The number of hydrogen-bond donors (Lipinski definition) is 0. The monoisotopic (exact) mass is 285 g/mol. The van der Waals surface area contributed by atoms with Gasteiger partial charge >= 0.3 is 5.97 Å². The number of carbonyl (C=O) groups is 1. The predicted molar refractivity (Wildman–Crippen MR) is 72.5 cm³/mol. The molecule has 0 atom stereocenters. The second-order valence-electron chi connectivity index (χ2n) is 4.20. The van der Waals surface area contributed by atoms with Gasteiger partial charge in [0, 0.05) is 13.6 Å². The molecule has 0 heterocycles. The quantitative estimate of drug-likeness (QED) is 0.749. The van der Waals surface area contributed by atoms with Crippen molar-refractivity contribution >= 4 is 16.0 Å². The third-order valence-corrected chi connectivity index (χ3v) is 4.64. The van der Waals surface area contributed by atoms with Gasteiger partial charge in [-0.3, -0.25) is 0 Å². The Morgan fingerprint density at radius 3 is 2.63 bits per heavy atom. The number of ether oxygens (including phenoxy) is 1. The lowest BCUT2D eigenvalue weighted by Crippen LogP contribution is -2.28. The third kappa shape index (κ3) is 3.78. The van der Waals surface area contributed by atoms with Crippen LogP contribution in [-0.4, -0.2) is 39.4 Å². The van der Waals surface area contributed by atoms with Crippen LogP contribution in [0.25, 0.3) is 0 Å². The van der Waals surface area contributed by atoms with Crippen LogP contribution in [0.4, 0.5) is 0 Å². The number of esters is 1. The van der Waals surface area contributed by atoms with Gasteiger partial charge in [-0.05, 0) is 24.6 Å². The summed E-state index contributed by atoms with van der Waals surface area (Å²) >= 11 is 0. The highest BCUT2D eigenvalue weighted by atomic mass is 32.2. The zero-order valence-corrected chi connectivity index (χ0v) is 12.2. The summed E-state index contributed by atoms with van der Waals surface area (Å²) in [6.07, 6.45) is 1.72. The van der Waals surface area contributed by atoms with E-state index < -0.39 is 16.0 Å². The Bertz CT molecular complexity index is 539. The lowest BCUT2D eigenvalue weighted by molar-refractivity contribution is 0.0600. The number of sulfonamides is 1. The molecule has 1 rings (SSSR count). The van der Waals surface area contributed by atoms with Gasteiger partial charge in [-0.1, -0.05) is 19.4 Å². The zero-order chi connectivity index (χ0) is 14.5. The van der Waals surface area contributed by atoms with Gasteiger partial charge in [-0.2, -0.15) is 0 Å². The van der Waals surface area contributed by atoms with Gasteiger partial charge in [0.05, 0.1) is 17.6 Å². The molecule has 0 unspecified atom stereocenters. The maximum absolute atomic E-state index is 12.3. The molecule has 0 spiro atoms. The van der Waals surface area contributed by atoms with E-state index in [0.29, 0.717) is 6.54 Å². The molecule has 0 N–H and O–H groups in total. The van der Waals surface area contributed by atoms with Crippen molar-refractivity contribution in [3.05, 3.63) is 29.8 Å². The summed E-state index contributed by atoms with van der Waals surface area (Å²) in [4.78, 5) is 11.5. The van der Waals surface area contributed by atoms with Crippen LogP contribution in [0.2, 0.25) is 0 Å². The molecule has 0 radical (unpaired) electrons. The Kier molecular flexibility index (Phi) is 5.50. The fourth-order valence-corrected chi connectivity index (χ4v) is 2.84. The average Bonchev–Trinajstić information content (AvgIpc) is 2.43. The Morgan fingerprint density at radius 1 is 1.37 bits per heavy atom. The van der Waals surface area contributed by atoms with E-state index in [1.807, 2.05) is 6.92 Å². The Labute approximate surface area is 114 Å². The summed E-state index contributed by atoms with van der Waals surface area (Å²) in [5.74, 6) is -0.548. The third-order valence-electron chi connectivity index (χ3n) is 2.79. The van der Waals surface area contributed by atoms with Crippen LogP contribution in [0.5, 0.6) is 0 Å². The van der Waals surface area contributed by atoms with Gasteiger partial charge in [0.2, 0.25) is 10.0 Å². The first-order chi connectivity index (χ1) is 8.93. The molecular weight excluding hydrogens is 266 g/mol. The Hall–Kier alpha value is -1.40. The van der Waals surface area contributed by atoms with Crippen molar-refractivity contribution < 1.29 is 17.9 Å². The van der Waals surface area contributed by atoms with Crippen LogP contribution in [-0.2, 0) is 14.8 Å². The predicted octanol–water partition coefficient (Wildman–Crippen LogP) is 1.89. The fraction of sp³-hybridized carbons (Fsp3) is 0.462. The van der Waals surface area contributed by atoms with E-state index in [1.54, 1.807) is 0 Å². The molecule has 6 heteroatoms. The second kappa shape index (κ2) is 6.68. The lowest BCUT2D eigenvalue weighted by Gasteiger charge is -2.17. The maximum Gasteiger partial charge on any atom is 0.337 e. The smallest absolute Gasteiger partial charge is 0.337 e. The highest BCUT2D eigenvalue weighted by Gasteiger charge is 2.21. The van der Waals surface area contributed by atoms with Gasteiger partial charge in [0.15, 0.2) is 0 Å². The van der Waals surface area contributed by atoms with Crippen molar-refractivity contribution in [2.45, 2.75) is 24.7 Å². The van der Waals surface area contributed by atoms with Crippen LogP contribution >= 0.6 is 0 Å². The summed E-state index contributed by atoms with van der Waals surface area (Å²) in [6.45, 7) is 2.46. The molecule has 0 aromatic heterocycles. The van der Waals surface area contributed by atoms with E-state index in [9.17, 15) is 13.2 Å². The van der Waals surface area contributed by atoms with Crippen LogP contribution in [0.1, 0.15) is 30.1 Å². The number of benzene rings is 1. The van der Waals surface area contributed by atoms with Crippen LogP contribution in [0.3, 0.4) is 0 Å². The van der Waals surface area contributed by atoms with Gasteiger partial charge in [0.25, 0.3) is 0 Å². The van der Waals surface area contributed by atoms with Crippen molar-refractivity contribution in [3.63, 3.8) is 0 Å². The number of methoxy groups -OCH3 is 1. The van der Waals surface area contributed by atoms with Gasteiger partial charge in [0.1, 0.15) is 0 Å². The summed E-state index contributed by atoms with van der Waals surface area (Å²) < 4.78 is 30.4. The molecule has 0 saturated carbocycles. The van der Waals surface area contributed by atoms with Gasteiger partial charge < -0.3 is 4.74 Å². The number of hydrogen-bond acceptors (Lipinski definition) is 4. The Morgan fingerprint density at radius 2 is 2.05 bits per heavy atom. The minimum atomic E-state index is -3.55. The van der Waals surface area contributed by atoms with Crippen LogP contribution in [0.15, 0.2) is 29.2 Å². The molecule has 5 nitrogen and oxygen atoms in total. The van der Waals surface area contributed by atoms with Crippen molar-refractivity contribution in [2.24, 2.45) is 0 Å². The number of nitrogens with zero attached hydrogens (tertiary/aromatic N) is 1. The SMILES string of the molecule is CCCCN(C)S(=O)(=O)c1cccc(C(=O)OC)c1. The minimum absolute atomic E-state index is 0.106. The summed E-state index contributed by atoms with van der Waals surface area (Å²) in [5.41, 5.74) is 0.229. The molecule has 0 bridgehead atoms. The van der Waals surface area contributed by atoms with Crippen molar-refractivity contribution in [3.8, 4) is 0 Å². The molecule has 1 aromatic carbocycles. The largest absolute Gasteiger partial charge is 0.465 e. The second-order valence-corrected chi connectivity index (χ2v) is 6.24. The van der Waals surface area contributed by atoms with Gasteiger partial charge in [-0.15, -0.1) is 0 Å². The van der Waals surface area contributed by atoms with E-state index in [4.69, 9.17) is 0 Å². The molecule has 0 amide bonds. The molecule has 1 aromatic rings. The van der Waals surface area contributed by atoms with Crippen molar-refractivity contribution in [1.29, 1.82) is 0 Å². The summed E-state index contributed by atoms with van der Waals surface area (Å²) in [7, 11) is -0.752. The number of carbonyl (C=O) groups excluding carboxylic acids is 1. The van der Waals surface area contributed by atoms with E-state index in [2.05, 4.69) is 4.74 Å². The highest BCUT2D eigenvalue weighted by molar-refractivity contribution is 7.89. The van der Waals surface area contributed by atoms with Crippen LogP contribution < -0.4 is 0 Å². The molecule has 106 valence electrons. The summed E-state index contributed by atoms with van der Waals surface area (Å²) in [5, 5.41) is 0. The first kappa shape index (κ1) is 15.7. The zero-order valence-electron chi connectivity index (χ0n) is 11.4. The summed E-state index contributed by atoms with van der Waals surface area (Å²) in [6, 6.07) is 5.87. The molecular formula is C13H19NO4S. The van der Waals surface area contributed by atoms with Crippen molar-refractivity contribution in [2.75, 3.05) is 20.7 Å². The standard InChI is InChI=1S/C13H19NO4S/c1-4-5-9-14(2)19(16,17)12-8-6-7-11(10-12)13(15)18-3/h6-8,10H,4-5,9H2,1-3H3. The molecule has 0 aliphatic heterocycles.